The molecule has 3 rings (SSSR count). The Labute approximate surface area is 213 Å². The predicted octanol–water partition coefficient (Wildman–Crippen LogP) is 3.76. The van der Waals surface area contributed by atoms with E-state index in [2.05, 4.69) is 14.8 Å². The predicted molar refractivity (Wildman–Crippen MR) is 130 cm³/mol. The van der Waals surface area contributed by atoms with Gasteiger partial charge in [-0.3, -0.25) is 9.48 Å². The highest BCUT2D eigenvalue weighted by Gasteiger charge is 2.25. The molecule has 1 aromatic carbocycles. The number of carboxylic acids is 1. The molecule has 0 aliphatic rings. The number of carboxylic acid groups (broad SMARTS) is 1. The molecule has 0 fully saturated rings. The summed E-state index contributed by atoms with van der Waals surface area (Å²) in [5.74, 6) is -1.15. The molecule has 0 unspecified atom stereocenters. The first kappa shape index (κ1) is 28.0. The van der Waals surface area contributed by atoms with Crippen LogP contribution < -0.4 is 14.6 Å². The molecular weight excluding hydrogens is 510 g/mol. The zero-order valence-corrected chi connectivity index (χ0v) is 21.5. The van der Waals surface area contributed by atoms with Crippen molar-refractivity contribution in [3.05, 3.63) is 54.0 Å². The molecule has 10 nitrogen and oxygen atoms in total. The third-order valence-corrected chi connectivity index (χ3v) is 6.43. The van der Waals surface area contributed by atoms with Crippen LogP contribution in [0.15, 0.2) is 47.8 Å². The third kappa shape index (κ3) is 7.01. The second-order valence-corrected chi connectivity index (χ2v) is 10.9. The molecule has 0 saturated carbocycles. The Morgan fingerprint density at radius 3 is 2.51 bits per heavy atom. The topological polar surface area (TPSA) is 147 Å². The smallest absolute Gasteiger partial charge is 0.387 e. The normalized spacial score (nSPS) is 12.2. The van der Waals surface area contributed by atoms with Gasteiger partial charge < -0.3 is 14.6 Å². The molecule has 0 amide bonds. The van der Waals surface area contributed by atoms with Gasteiger partial charge in [-0.15, -0.1) is 0 Å². The number of carbonyl (C=O) groups is 1. The SMILES string of the molecule is CC(C)c1cc(OC(F)F)cc(-c2ccnc(OCC(C)(C)n3cc(S(N)(=O)=O)cn3)c2)c1CC(=O)O. The highest BCUT2D eigenvalue weighted by Crippen LogP contribution is 2.36. The van der Waals surface area contributed by atoms with Crippen LogP contribution in [0.25, 0.3) is 11.1 Å². The minimum atomic E-state index is -3.91. The number of alkyl halides is 2. The van der Waals surface area contributed by atoms with Gasteiger partial charge in [-0.25, -0.2) is 18.5 Å². The number of primary sulfonamides is 1. The van der Waals surface area contributed by atoms with Crippen LogP contribution in [0.1, 0.15) is 44.7 Å². The number of nitrogens with two attached hydrogens (primary N) is 1. The number of benzene rings is 1. The first-order chi connectivity index (χ1) is 17.2. The van der Waals surface area contributed by atoms with Crippen molar-refractivity contribution < 1.29 is 36.6 Å². The third-order valence-electron chi connectivity index (χ3n) is 5.56. The number of hydrogen-bond donors (Lipinski definition) is 2. The summed E-state index contributed by atoms with van der Waals surface area (Å²) in [6.45, 7) is 4.17. The van der Waals surface area contributed by atoms with Crippen LogP contribution in [0.4, 0.5) is 8.78 Å². The number of pyridine rings is 1. The van der Waals surface area contributed by atoms with E-state index in [0.29, 0.717) is 22.3 Å². The molecule has 2 heterocycles. The van der Waals surface area contributed by atoms with Crippen molar-refractivity contribution in [3.63, 3.8) is 0 Å². The summed E-state index contributed by atoms with van der Waals surface area (Å²) in [7, 11) is -3.91. The fourth-order valence-electron chi connectivity index (χ4n) is 3.72. The lowest BCUT2D eigenvalue weighted by molar-refractivity contribution is -0.136. The lowest BCUT2D eigenvalue weighted by atomic mass is 9.88. The molecule has 3 N–H and O–H groups in total. The Hall–Kier alpha value is -3.58. The Morgan fingerprint density at radius 2 is 1.95 bits per heavy atom. The van der Waals surface area contributed by atoms with Crippen molar-refractivity contribution in [2.45, 2.75) is 57.1 Å². The molecule has 0 saturated heterocycles. The highest BCUT2D eigenvalue weighted by molar-refractivity contribution is 7.89. The molecule has 0 aliphatic heterocycles. The lowest BCUT2D eigenvalue weighted by Gasteiger charge is -2.25. The molecule has 3 aromatic rings. The van der Waals surface area contributed by atoms with E-state index in [1.165, 1.54) is 29.2 Å². The van der Waals surface area contributed by atoms with Crippen LogP contribution in [0, 0.1) is 0 Å². The summed E-state index contributed by atoms with van der Waals surface area (Å²) < 4.78 is 61.0. The van der Waals surface area contributed by atoms with Crippen LogP contribution in [-0.4, -0.2) is 47.5 Å². The quantitative estimate of drug-likeness (QED) is 0.375. The van der Waals surface area contributed by atoms with Gasteiger partial charge >= 0.3 is 12.6 Å². The van der Waals surface area contributed by atoms with Gasteiger partial charge in [0, 0.05) is 18.5 Å². The number of ether oxygens (including phenoxy) is 2. The molecule has 0 atom stereocenters. The van der Waals surface area contributed by atoms with Gasteiger partial charge in [0.15, 0.2) is 0 Å². The monoisotopic (exact) mass is 538 g/mol. The maximum atomic E-state index is 13.0. The number of aromatic nitrogens is 3. The molecule has 0 spiro atoms. The van der Waals surface area contributed by atoms with Crippen molar-refractivity contribution >= 4 is 16.0 Å². The van der Waals surface area contributed by atoms with Gasteiger partial charge in [-0.1, -0.05) is 13.8 Å². The maximum absolute atomic E-state index is 13.0. The summed E-state index contributed by atoms with van der Waals surface area (Å²) >= 11 is 0. The second kappa shape index (κ2) is 10.8. The zero-order valence-electron chi connectivity index (χ0n) is 20.7. The number of sulfonamides is 1. The van der Waals surface area contributed by atoms with E-state index < -0.39 is 28.1 Å². The number of rotatable bonds is 11. The fourth-order valence-corrected chi connectivity index (χ4v) is 4.16. The van der Waals surface area contributed by atoms with Crippen LogP contribution in [-0.2, 0) is 26.8 Å². The maximum Gasteiger partial charge on any atom is 0.387 e. The minimum absolute atomic E-state index is 0.0307. The molecule has 0 aliphatic carbocycles. The molecule has 0 bridgehead atoms. The van der Waals surface area contributed by atoms with Crippen molar-refractivity contribution in [2.75, 3.05) is 6.61 Å². The van der Waals surface area contributed by atoms with E-state index in [1.807, 2.05) is 13.8 Å². The summed E-state index contributed by atoms with van der Waals surface area (Å²) in [6.07, 6.45) is 3.56. The molecule has 2 aromatic heterocycles. The van der Waals surface area contributed by atoms with Gasteiger partial charge in [-0.2, -0.15) is 13.9 Å². The van der Waals surface area contributed by atoms with E-state index in [0.717, 1.165) is 6.20 Å². The number of aliphatic carboxylic acids is 1. The van der Waals surface area contributed by atoms with Crippen LogP contribution >= 0.6 is 0 Å². The van der Waals surface area contributed by atoms with Crippen LogP contribution in [0.5, 0.6) is 11.6 Å². The lowest BCUT2D eigenvalue weighted by Crippen LogP contribution is -2.34. The van der Waals surface area contributed by atoms with Gasteiger partial charge in [-0.05, 0) is 60.2 Å². The molecule has 200 valence electrons. The standard InChI is InChI=1S/C24H28F2N4O6S/c1-14(2)18-8-16(36-23(25)26)9-19(20(18)10-22(31)32)15-5-6-28-21(7-15)35-13-24(3,4)30-12-17(11-29-30)37(27,33)34/h5-9,11-12,14,23H,10,13H2,1-4H3,(H,31,32)(H2,27,33,34). The Bertz CT molecular complexity index is 1390. The van der Waals surface area contributed by atoms with Crippen molar-refractivity contribution in [1.82, 2.24) is 14.8 Å². The van der Waals surface area contributed by atoms with Gasteiger partial charge in [0.05, 0.1) is 18.2 Å². The Morgan fingerprint density at radius 1 is 1.24 bits per heavy atom. The van der Waals surface area contributed by atoms with E-state index in [-0.39, 0.29) is 35.5 Å². The van der Waals surface area contributed by atoms with E-state index >= 15 is 0 Å². The number of halogens is 2. The average molecular weight is 539 g/mol. The first-order valence-corrected chi connectivity index (χ1v) is 12.7. The molecule has 0 radical (unpaired) electrons. The average Bonchev–Trinajstić information content (AvgIpc) is 3.30. The first-order valence-electron chi connectivity index (χ1n) is 11.2. The highest BCUT2D eigenvalue weighted by atomic mass is 32.2. The van der Waals surface area contributed by atoms with Crippen molar-refractivity contribution in [2.24, 2.45) is 5.14 Å². The van der Waals surface area contributed by atoms with Gasteiger partial charge in [0.2, 0.25) is 15.9 Å². The Kier molecular flexibility index (Phi) is 8.18. The second-order valence-electron chi connectivity index (χ2n) is 9.29. The summed E-state index contributed by atoms with van der Waals surface area (Å²) in [5.41, 5.74) is 1.14. The summed E-state index contributed by atoms with van der Waals surface area (Å²) in [6, 6.07) is 5.98. The Balaban J connectivity index is 1.96. The van der Waals surface area contributed by atoms with E-state index in [9.17, 15) is 27.1 Å². The van der Waals surface area contributed by atoms with Crippen LogP contribution in [0.2, 0.25) is 0 Å². The molecule has 13 heteroatoms. The van der Waals surface area contributed by atoms with Crippen LogP contribution in [0.3, 0.4) is 0 Å². The summed E-state index contributed by atoms with van der Waals surface area (Å²) in [5, 5.41) is 18.7. The molecular formula is C24H28F2N4O6S. The van der Waals surface area contributed by atoms with Gasteiger partial charge in [0.25, 0.3) is 0 Å². The fraction of sp³-hybridized carbons (Fsp3) is 0.375. The molecule has 37 heavy (non-hydrogen) atoms. The summed E-state index contributed by atoms with van der Waals surface area (Å²) in [4.78, 5) is 15.7. The largest absolute Gasteiger partial charge is 0.481 e. The van der Waals surface area contributed by atoms with E-state index in [4.69, 9.17) is 9.88 Å². The number of nitrogens with zero attached hydrogens (tertiary/aromatic N) is 3. The van der Waals surface area contributed by atoms with Gasteiger partial charge in [0.1, 0.15) is 17.3 Å². The zero-order chi connectivity index (χ0) is 27.5. The number of hydrogen-bond acceptors (Lipinski definition) is 7. The van der Waals surface area contributed by atoms with Crippen molar-refractivity contribution in [1.29, 1.82) is 0 Å². The minimum Gasteiger partial charge on any atom is -0.481 e. The van der Waals surface area contributed by atoms with Crippen molar-refractivity contribution in [3.8, 4) is 22.8 Å². The van der Waals surface area contributed by atoms with E-state index in [1.54, 1.807) is 26.0 Å².